The summed E-state index contributed by atoms with van der Waals surface area (Å²) in [6.45, 7) is 12.3. The number of rotatable bonds is 12. The second-order valence-electron chi connectivity index (χ2n) is 18.3. The summed E-state index contributed by atoms with van der Waals surface area (Å²) in [7, 11) is 4.03. The van der Waals surface area contributed by atoms with E-state index in [1.165, 1.54) is 21.2 Å². The number of hydrazine groups is 1. The number of carbonyl (C=O) groups excluding carboxylic acids is 7. The van der Waals surface area contributed by atoms with Crippen LogP contribution in [0.5, 0.6) is 0 Å². The van der Waals surface area contributed by atoms with Crippen LogP contribution in [0.3, 0.4) is 0 Å². The van der Waals surface area contributed by atoms with Crippen molar-refractivity contribution in [1.82, 2.24) is 35.9 Å². The Kier molecular flexibility index (Phi) is 19.5. The van der Waals surface area contributed by atoms with Crippen LogP contribution in [0.1, 0.15) is 100 Å². The summed E-state index contributed by atoms with van der Waals surface area (Å²) in [6.07, 6.45) is 2.43. The van der Waals surface area contributed by atoms with Crippen LogP contribution in [-0.2, 0) is 47.8 Å². The van der Waals surface area contributed by atoms with Crippen LogP contribution in [-0.4, -0.2) is 172 Å². The van der Waals surface area contributed by atoms with E-state index in [0.29, 0.717) is 18.3 Å². The van der Waals surface area contributed by atoms with E-state index in [4.69, 9.17) is 14.2 Å². The van der Waals surface area contributed by atoms with Gasteiger partial charge in [0.1, 0.15) is 37.4 Å². The highest BCUT2D eigenvalue weighted by Gasteiger charge is 2.58. The highest BCUT2D eigenvalue weighted by Crippen LogP contribution is 2.39. The van der Waals surface area contributed by atoms with Crippen LogP contribution in [0.25, 0.3) is 0 Å². The number of allylic oxidation sites excluding steroid dienone is 1. The van der Waals surface area contributed by atoms with Crippen molar-refractivity contribution in [3.63, 3.8) is 0 Å². The van der Waals surface area contributed by atoms with Crippen LogP contribution in [0.4, 0.5) is 0 Å². The van der Waals surface area contributed by atoms with Crippen LogP contribution >= 0.6 is 0 Å². The third-order valence-electron chi connectivity index (χ3n) is 12.4. The van der Waals surface area contributed by atoms with E-state index in [-0.39, 0.29) is 36.8 Å². The molecule has 0 aromatic heterocycles. The fourth-order valence-corrected chi connectivity index (χ4v) is 8.34. The lowest BCUT2D eigenvalue weighted by molar-refractivity contribution is -0.328. The molecule has 6 N–H and O–H groups in total. The van der Waals surface area contributed by atoms with Gasteiger partial charge >= 0.3 is 5.97 Å². The number of esters is 1. The Hall–Kier alpha value is -4.21. The largest absolute Gasteiger partial charge is 0.458 e. The molecule has 358 valence electrons. The number of hydroxylamine groups is 2. The number of cyclic esters (lactones) is 1. The molecule has 0 unspecified atom stereocenters. The monoisotopic (exact) mass is 896 g/mol. The lowest BCUT2D eigenvalue weighted by Gasteiger charge is -2.48. The van der Waals surface area contributed by atoms with Gasteiger partial charge in [0.05, 0.1) is 19.2 Å². The van der Waals surface area contributed by atoms with E-state index < -0.39 is 115 Å². The Morgan fingerprint density at radius 3 is 2.25 bits per heavy atom. The number of hydrogen-bond donors (Lipinski definition) is 6. The predicted molar refractivity (Wildman–Crippen MR) is 228 cm³/mol. The van der Waals surface area contributed by atoms with E-state index in [1.54, 1.807) is 13.8 Å². The molecule has 0 bridgehead atoms. The van der Waals surface area contributed by atoms with Gasteiger partial charge < -0.3 is 44.9 Å². The Morgan fingerprint density at radius 2 is 1.63 bits per heavy atom. The fourth-order valence-electron chi connectivity index (χ4n) is 8.34. The number of fused-ring (bicyclic) bond motifs is 1. The van der Waals surface area contributed by atoms with Crippen molar-refractivity contribution in [2.45, 2.75) is 142 Å². The van der Waals surface area contributed by atoms with Gasteiger partial charge in [-0.1, -0.05) is 54.0 Å². The molecule has 3 heterocycles. The second kappa shape index (κ2) is 23.1. The van der Waals surface area contributed by atoms with Gasteiger partial charge in [-0.3, -0.25) is 43.8 Å². The maximum atomic E-state index is 14.8. The van der Waals surface area contributed by atoms with E-state index in [0.717, 1.165) is 46.6 Å². The summed E-state index contributed by atoms with van der Waals surface area (Å²) in [5.74, 6) is -8.78. The molecule has 20 nitrogen and oxygen atoms in total. The first kappa shape index (κ1) is 53.1. The van der Waals surface area contributed by atoms with Crippen molar-refractivity contribution in [1.29, 1.82) is 0 Å². The summed E-state index contributed by atoms with van der Waals surface area (Å²) in [5.41, 5.74) is 0.787. The molecule has 10 atom stereocenters. The maximum Gasteiger partial charge on any atom is 0.325 e. The summed E-state index contributed by atoms with van der Waals surface area (Å²) in [6, 6.07) is -3.30. The zero-order valence-corrected chi connectivity index (χ0v) is 39.0. The minimum Gasteiger partial charge on any atom is -0.458 e. The molecule has 20 heteroatoms. The summed E-state index contributed by atoms with van der Waals surface area (Å²) < 4.78 is 17.8. The fraction of sp³-hybridized carbons (Fsp3) is 0.791. The lowest BCUT2D eigenvalue weighted by atomic mass is 9.83. The molecule has 63 heavy (non-hydrogen) atoms. The highest BCUT2D eigenvalue weighted by atomic mass is 16.7. The Labute approximate surface area is 371 Å². The zero-order chi connectivity index (χ0) is 47.6. The van der Waals surface area contributed by atoms with Crippen LogP contribution in [0, 0.1) is 23.7 Å². The number of aliphatic hydroxyl groups is 2. The number of ether oxygens (including phenoxy) is 3. The van der Waals surface area contributed by atoms with Crippen LogP contribution < -0.4 is 16.1 Å². The third-order valence-corrected chi connectivity index (χ3v) is 12.4. The minimum absolute atomic E-state index is 0.00357. The van der Waals surface area contributed by atoms with Gasteiger partial charge in [0.2, 0.25) is 23.5 Å². The minimum atomic E-state index is -2.76. The van der Waals surface area contributed by atoms with Crippen molar-refractivity contribution in [2.24, 2.45) is 23.7 Å². The quantitative estimate of drug-likeness (QED) is 0.0886. The first-order chi connectivity index (χ1) is 29.4. The van der Waals surface area contributed by atoms with Crippen LogP contribution in [0.15, 0.2) is 11.6 Å². The molecular formula is C43H73N7O13. The van der Waals surface area contributed by atoms with Crippen molar-refractivity contribution in [2.75, 3.05) is 53.9 Å². The number of carbonyl (C=O) groups is 7. The van der Waals surface area contributed by atoms with Crippen molar-refractivity contribution >= 4 is 41.4 Å². The summed E-state index contributed by atoms with van der Waals surface area (Å²) >= 11 is 0. The molecule has 3 aliphatic heterocycles. The smallest absolute Gasteiger partial charge is 0.325 e. The van der Waals surface area contributed by atoms with Crippen molar-refractivity contribution in [3.05, 3.63) is 11.6 Å². The van der Waals surface area contributed by atoms with Gasteiger partial charge in [0, 0.05) is 34.2 Å². The van der Waals surface area contributed by atoms with E-state index in [1.807, 2.05) is 13.0 Å². The van der Waals surface area contributed by atoms with Crippen molar-refractivity contribution < 1.29 is 63.2 Å². The Morgan fingerprint density at radius 1 is 0.984 bits per heavy atom. The molecule has 0 aromatic rings. The highest BCUT2D eigenvalue weighted by molar-refractivity contribution is 5.96. The Balaban J connectivity index is 2.04. The van der Waals surface area contributed by atoms with Gasteiger partial charge in [-0.25, -0.2) is 10.5 Å². The first-order valence-electron chi connectivity index (χ1n) is 22.0. The molecule has 0 radical (unpaired) electrons. The molecule has 0 saturated carbocycles. The molecule has 0 aromatic carbocycles. The molecule has 3 saturated heterocycles. The number of amides is 6. The zero-order valence-electron chi connectivity index (χ0n) is 39.0. The number of nitrogens with zero attached hydrogens (tertiary/aromatic N) is 4. The van der Waals surface area contributed by atoms with Gasteiger partial charge in [-0.05, 0) is 75.2 Å². The van der Waals surface area contributed by atoms with E-state index in [9.17, 15) is 49.0 Å². The predicted octanol–water partition coefficient (Wildman–Crippen LogP) is 0.477. The van der Waals surface area contributed by atoms with Gasteiger partial charge in [-0.15, -0.1) is 0 Å². The molecule has 6 amide bonds. The molecule has 3 rings (SSSR count). The molecule has 0 spiro atoms. The number of nitrogens with one attached hydrogen (secondary N) is 3. The molecule has 0 aliphatic carbocycles. The van der Waals surface area contributed by atoms with Crippen molar-refractivity contribution in [3.8, 4) is 0 Å². The SMILES string of the molecule is CC[C@@H](C)C[C@H](C)C[C@@H](C)/C=C(\C)[C@H]1O[C@@](O)([C@@](C)(O)C(=O)N[C@H]2C(=O)N3NCCC[C@@H]3C(=O)N(O)CC(=O)N(C)CC(=O)NCC(=O)N(C)CC(=O)O[C@H]2C(C)C)CC[C@H]1OC. The second-order valence-corrected chi connectivity index (χ2v) is 18.3. The standard InChI is InChI=1S/C43H73N7O13/c1-12-26(4)18-27(5)19-28(6)20-29(7)38-31(61-11)15-16-43(59,63-38)42(8,58)41(57)46-36-37(25(2)3)62-35(54)24-48(10)33(52)21-44-32(51)22-47(9)34(53)23-49(60)39(55)30-14-13-17-45-50(30)40(36)56/h20,25-28,30-31,36-38,45,58-60H,12-19,21-24H2,1-11H3,(H,44,51)(H,46,57)/b29-20+/t26-,27+,28-,30-,31-,36-,37+,38-,42+,43-/m1/s1. The summed E-state index contributed by atoms with van der Waals surface area (Å²) in [5, 5.41) is 40.9. The third kappa shape index (κ3) is 13.9. The number of methoxy groups -OCH3 is 1. The number of hydrogen-bond acceptors (Lipinski definition) is 14. The van der Waals surface area contributed by atoms with Gasteiger partial charge in [-0.2, -0.15) is 0 Å². The normalized spacial score (nSPS) is 29.4. The topological polar surface area (TPSA) is 257 Å². The average Bonchev–Trinajstić information content (AvgIpc) is 3.22. The molecule has 3 aliphatic rings. The van der Waals surface area contributed by atoms with Crippen LogP contribution in [0.2, 0.25) is 0 Å². The maximum absolute atomic E-state index is 14.8. The first-order valence-corrected chi connectivity index (χ1v) is 22.0. The average molecular weight is 896 g/mol. The van der Waals surface area contributed by atoms with Gasteiger partial charge in [0.15, 0.2) is 5.60 Å². The number of likely N-dealkylation sites (N-methyl/N-ethyl adjacent to an activating group) is 2. The van der Waals surface area contributed by atoms with E-state index >= 15 is 0 Å². The Bertz CT molecular complexity index is 1680. The molecule has 3 fully saturated rings. The van der Waals surface area contributed by atoms with E-state index in [2.05, 4.69) is 43.8 Å². The lowest BCUT2D eigenvalue weighted by Crippen LogP contribution is -2.70. The molecular weight excluding hydrogens is 823 g/mol. The summed E-state index contributed by atoms with van der Waals surface area (Å²) in [4.78, 5) is 96.7. The van der Waals surface area contributed by atoms with Gasteiger partial charge in [0.25, 0.3) is 17.7 Å².